The standard InChI is InChI=1S/C13H9F5N2OS/c1-7-9(8-5-3-2-4-6-8)19-11(22-7)20-10(21)12(14,15)13(16,17)18/h2-6H,1H3,(H,19,20,21). The van der Waals surface area contributed by atoms with Gasteiger partial charge in [0.25, 0.3) is 0 Å². The van der Waals surface area contributed by atoms with E-state index in [1.165, 1.54) is 5.32 Å². The molecule has 0 aliphatic rings. The number of anilines is 1. The van der Waals surface area contributed by atoms with Crippen LogP contribution in [0.2, 0.25) is 0 Å². The lowest BCUT2D eigenvalue weighted by Gasteiger charge is -2.17. The molecule has 0 unspecified atom stereocenters. The zero-order chi connectivity index (χ0) is 16.5. The van der Waals surface area contributed by atoms with Gasteiger partial charge in [0.15, 0.2) is 5.13 Å². The zero-order valence-corrected chi connectivity index (χ0v) is 11.9. The molecule has 1 aromatic carbocycles. The molecule has 22 heavy (non-hydrogen) atoms. The van der Waals surface area contributed by atoms with Gasteiger partial charge in [0, 0.05) is 10.4 Å². The van der Waals surface area contributed by atoms with Gasteiger partial charge >= 0.3 is 18.0 Å². The summed E-state index contributed by atoms with van der Waals surface area (Å²) in [6.07, 6.45) is -5.95. The Balaban J connectivity index is 2.24. The minimum atomic E-state index is -5.95. The van der Waals surface area contributed by atoms with Crippen LogP contribution in [0.4, 0.5) is 27.1 Å². The number of hydrogen-bond donors (Lipinski definition) is 1. The molecule has 0 atom stereocenters. The summed E-state index contributed by atoms with van der Waals surface area (Å²) in [5.41, 5.74) is 1.08. The molecule has 9 heteroatoms. The van der Waals surface area contributed by atoms with Gasteiger partial charge in [-0.25, -0.2) is 4.98 Å². The van der Waals surface area contributed by atoms with E-state index in [1.54, 1.807) is 37.3 Å². The van der Waals surface area contributed by atoms with Crippen molar-refractivity contribution in [3.05, 3.63) is 35.2 Å². The summed E-state index contributed by atoms with van der Waals surface area (Å²) < 4.78 is 62.1. The van der Waals surface area contributed by atoms with Gasteiger partial charge in [0.1, 0.15) is 0 Å². The summed E-state index contributed by atoms with van der Waals surface area (Å²) in [5.74, 6) is -7.92. The summed E-state index contributed by atoms with van der Waals surface area (Å²) in [6.45, 7) is 1.62. The topological polar surface area (TPSA) is 42.0 Å². The van der Waals surface area contributed by atoms with E-state index in [4.69, 9.17) is 0 Å². The molecule has 118 valence electrons. The molecule has 1 aromatic heterocycles. The average molecular weight is 336 g/mol. The third-order valence-electron chi connectivity index (χ3n) is 2.71. The first-order valence-electron chi connectivity index (χ1n) is 5.92. The molecular formula is C13H9F5N2OS. The predicted octanol–water partition coefficient (Wildman–Crippen LogP) is 4.25. The molecule has 0 aliphatic heterocycles. The second-order valence-electron chi connectivity index (χ2n) is 4.32. The largest absolute Gasteiger partial charge is 0.463 e. The van der Waals surface area contributed by atoms with E-state index in [1.807, 2.05) is 0 Å². The van der Waals surface area contributed by atoms with Gasteiger partial charge in [-0.05, 0) is 6.92 Å². The van der Waals surface area contributed by atoms with Crippen molar-refractivity contribution in [2.24, 2.45) is 0 Å². The van der Waals surface area contributed by atoms with Crippen LogP contribution in [0.1, 0.15) is 4.88 Å². The fraction of sp³-hybridized carbons (Fsp3) is 0.231. The number of nitrogens with one attached hydrogen (secondary N) is 1. The lowest BCUT2D eigenvalue weighted by atomic mass is 10.1. The number of rotatable bonds is 3. The van der Waals surface area contributed by atoms with Crippen LogP contribution < -0.4 is 5.32 Å². The van der Waals surface area contributed by atoms with Crippen LogP contribution in [0.15, 0.2) is 30.3 Å². The second kappa shape index (κ2) is 5.64. The molecule has 0 saturated heterocycles. The number of benzene rings is 1. The second-order valence-corrected chi connectivity index (χ2v) is 5.52. The van der Waals surface area contributed by atoms with Crippen LogP contribution in [0.3, 0.4) is 0 Å². The molecule has 1 heterocycles. The summed E-state index contributed by atoms with van der Waals surface area (Å²) in [6, 6.07) is 8.63. The minimum Gasteiger partial charge on any atom is -0.296 e. The number of alkyl halides is 5. The molecule has 0 aliphatic carbocycles. The lowest BCUT2D eigenvalue weighted by molar-refractivity contribution is -0.267. The third kappa shape index (κ3) is 3.08. The Labute approximate surface area is 125 Å². The highest BCUT2D eigenvalue weighted by atomic mass is 32.1. The van der Waals surface area contributed by atoms with Gasteiger partial charge in [-0.15, -0.1) is 11.3 Å². The number of amides is 1. The number of carbonyl (C=O) groups excluding carboxylic acids is 1. The van der Waals surface area contributed by atoms with Crippen LogP contribution in [-0.4, -0.2) is 23.0 Å². The highest BCUT2D eigenvalue weighted by Crippen LogP contribution is 2.37. The average Bonchev–Trinajstić information content (AvgIpc) is 2.79. The van der Waals surface area contributed by atoms with Crippen LogP contribution in [-0.2, 0) is 4.79 Å². The molecular weight excluding hydrogens is 327 g/mol. The first-order chi connectivity index (χ1) is 10.1. The SMILES string of the molecule is Cc1sc(NC(=O)C(F)(F)C(F)(F)F)nc1-c1ccccc1. The highest BCUT2D eigenvalue weighted by molar-refractivity contribution is 7.16. The van der Waals surface area contributed by atoms with Gasteiger partial charge in [0.05, 0.1) is 5.69 Å². The number of thiazole rings is 1. The maximum absolute atomic E-state index is 12.9. The minimum absolute atomic E-state index is 0.315. The molecule has 0 bridgehead atoms. The molecule has 0 spiro atoms. The van der Waals surface area contributed by atoms with Crippen molar-refractivity contribution in [1.29, 1.82) is 0 Å². The van der Waals surface area contributed by atoms with Gasteiger partial charge < -0.3 is 0 Å². The maximum atomic E-state index is 12.9. The van der Waals surface area contributed by atoms with Crippen molar-refractivity contribution in [2.75, 3.05) is 5.32 Å². The third-order valence-corrected chi connectivity index (χ3v) is 3.59. The van der Waals surface area contributed by atoms with Gasteiger partial charge in [0.2, 0.25) is 0 Å². The van der Waals surface area contributed by atoms with Gasteiger partial charge in [-0.3, -0.25) is 10.1 Å². The van der Waals surface area contributed by atoms with Crippen LogP contribution in [0.5, 0.6) is 0 Å². The summed E-state index contributed by atoms with van der Waals surface area (Å²) in [7, 11) is 0. The van der Waals surface area contributed by atoms with E-state index in [0.29, 0.717) is 16.1 Å². The van der Waals surface area contributed by atoms with Gasteiger partial charge in [-0.1, -0.05) is 30.3 Å². The molecule has 0 saturated carbocycles. The molecule has 2 aromatic rings. The van der Waals surface area contributed by atoms with Crippen LogP contribution >= 0.6 is 11.3 Å². The predicted molar refractivity (Wildman–Crippen MR) is 71.9 cm³/mol. The maximum Gasteiger partial charge on any atom is 0.463 e. The summed E-state index contributed by atoms with van der Waals surface area (Å²) >= 11 is 0.821. The quantitative estimate of drug-likeness (QED) is 0.851. The van der Waals surface area contributed by atoms with E-state index < -0.39 is 18.0 Å². The Bertz CT molecular complexity index is 681. The fourth-order valence-corrected chi connectivity index (χ4v) is 2.45. The normalized spacial score (nSPS) is 12.3. The van der Waals surface area contributed by atoms with Crippen molar-refractivity contribution in [2.45, 2.75) is 19.0 Å². The van der Waals surface area contributed by atoms with E-state index >= 15 is 0 Å². The van der Waals surface area contributed by atoms with Crippen molar-refractivity contribution in [3.8, 4) is 11.3 Å². The number of hydrogen-bond acceptors (Lipinski definition) is 3. The highest BCUT2D eigenvalue weighted by Gasteiger charge is 2.63. The number of aryl methyl sites for hydroxylation is 1. The Morgan fingerprint density at radius 1 is 1.14 bits per heavy atom. The fourth-order valence-electron chi connectivity index (χ4n) is 1.62. The molecule has 2 rings (SSSR count). The van der Waals surface area contributed by atoms with E-state index in [9.17, 15) is 26.7 Å². The summed E-state index contributed by atoms with van der Waals surface area (Å²) in [4.78, 5) is 15.6. The molecule has 3 nitrogen and oxygen atoms in total. The Kier molecular flexibility index (Phi) is 4.19. The van der Waals surface area contributed by atoms with Crippen molar-refractivity contribution in [3.63, 3.8) is 0 Å². The molecule has 0 fully saturated rings. The number of halogens is 5. The smallest absolute Gasteiger partial charge is 0.296 e. The van der Waals surface area contributed by atoms with Crippen LogP contribution in [0, 0.1) is 6.92 Å². The molecule has 1 N–H and O–H groups in total. The zero-order valence-electron chi connectivity index (χ0n) is 11.0. The number of nitrogens with zero attached hydrogens (tertiary/aromatic N) is 1. The first kappa shape index (κ1) is 16.3. The van der Waals surface area contributed by atoms with Crippen LogP contribution in [0.25, 0.3) is 11.3 Å². The Hall–Kier alpha value is -2.03. The van der Waals surface area contributed by atoms with E-state index in [2.05, 4.69) is 4.98 Å². The van der Waals surface area contributed by atoms with Crippen molar-refractivity contribution < 1.29 is 26.7 Å². The lowest BCUT2D eigenvalue weighted by Crippen LogP contribution is -2.47. The molecule has 1 amide bonds. The van der Waals surface area contributed by atoms with Crippen molar-refractivity contribution >= 4 is 22.4 Å². The monoisotopic (exact) mass is 336 g/mol. The Morgan fingerprint density at radius 2 is 1.73 bits per heavy atom. The summed E-state index contributed by atoms with van der Waals surface area (Å²) in [5, 5.41) is 1.20. The molecule has 0 radical (unpaired) electrons. The number of carbonyl (C=O) groups is 1. The number of aromatic nitrogens is 1. The van der Waals surface area contributed by atoms with Crippen molar-refractivity contribution in [1.82, 2.24) is 4.98 Å². The first-order valence-corrected chi connectivity index (χ1v) is 6.73. The Morgan fingerprint density at radius 3 is 2.27 bits per heavy atom. The van der Waals surface area contributed by atoms with E-state index in [-0.39, 0.29) is 5.13 Å². The van der Waals surface area contributed by atoms with E-state index in [0.717, 1.165) is 11.3 Å². The van der Waals surface area contributed by atoms with Gasteiger partial charge in [-0.2, -0.15) is 22.0 Å².